The van der Waals surface area contributed by atoms with Crippen LogP contribution in [0.2, 0.25) is 0 Å². The molecule has 0 radical (unpaired) electrons. The first-order valence-corrected chi connectivity index (χ1v) is 5.24. The molecule has 1 rings (SSSR count). The van der Waals surface area contributed by atoms with E-state index >= 15 is 0 Å². The van der Waals surface area contributed by atoms with Gasteiger partial charge in [0.25, 0.3) is 0 Å². The zero-order chi connectivity index (χ0) is 13.9. The lowest BCUT2D eigenvalue weighted by molar-refractivity contribution is -0.274. The molecule has 8 heteroatoms. The molecule has 0 aromatic heterocycles. The molecule has 0 atom stereocenters. The van der Waals surface area contributed by atoms with Gasteiger partial charge >= 0.3 is 12.3 Å². The van der Waals surface area contributed by atoms with Crippen LogP contribution in [0.3, 0.4) is 0 Å². The molecule has 0 spiro atoms. The highest BCUT2D eigenvalue weighted by atomic mass is 79.9. The Morgan fingerprint density at radius 3 is 2.56 bits per heavy atom. The second-order valence-corrected chi connectivity index (χ2v) is 3.99. The normalized spacial score (nSPS) is 11.8. The molecule has 4 nitrogen and oxygen atoms in total. The number of benzene rings is 1. The fourth-order valence-electron chi connectivity index (χ4n) is 1.09. The Balaban J connectivity index is 3.14. The van der Waals surface area contributed by atoms with Crippen LogP contribution in [0.15, 0.2) is 22.7 Å². The van der Waals surface area contributed by atoms with E-state index in [1.165, 1.54) is 6.07 Å². The number of ether oxygens (including phenoxy) is 1. The van der Waals surface area contributed by atoms with Crippen LogP contribution in [-0.2, 0) is 4.79 Å². The maximum Gasteiger partial charge on any atom is 0.573 e. The number of alkyl halides is 3. The number of aliphatic carboxylic acids is 1. The van der Waals surface area contributed by atoms with Gasteiger partial charge in [-0.15, -0.1) is 13.2 Å². The van der Waals surface area contributed by atoms with Gasteiger partial charge in [-0.05, 0) is 34.1 Å². The van der Waals surface area contributed by atoms with Gasteiger partial charge in [0.15, 0.2) is 0 Å². The van der Waals surface area contributed by atoms with E-state index in [1.807, 2.05) is 0 Å². The lowest BCUT2D eigenvalue weighted by Gasteiger charge is -2.12. The molecule has 18 heavy (non-hydrogen) atoms. The summed E-state index contributed by atoms with van der Waals surface area (Å²) in [6, 6.07) is 2.19. The molecule has 98 valence electrons. The van der Waals surface area contributed by atoms with E-state index in [1.54, 1.807) is 0 Å². The second kappa shape index (κ2) is 5.30. The number of carboxylic acids is 1. The zero-order valence-corrected chi connectivity index (χ0v) is 10.2. The fraction of sp³-hybridized carbons (Fsp3) is 0.100. The molecular weight excluding hydrogens is 319 g/mol. The van der Waals surface area contributed by atoms with E-state index in [4.69, 9.17) is 10.8 Å². The lowest BCUT2D eigenvalue weighted by Crippen LogP contribution is -2.17. The SMILES string of the molecule is Nc1cc(Br)c(OC(F)(F)F)cc1/C=C/C(=O)O. The van der Waals surface area contributed by atoms with Crippen LogP contribution in [0.4, 0.5) is 18.9 Å². The Kier molecular flexibility index (Phi) is 4.23. The Morgan fingerprint density at radius 2 is 2.06 bits per heavy atom. The molecule has 1 aromatic rings. The van der Waals surface area contributed by atoms with Crippen molar-refractivity contribution >= 4 is 33.7 Å². The van der Waals surface area contributed by atoms with Gasteiger partial charge in [0.2, 0.25) is 0 Å². The first-order valence-electron chi connectivity index (χ1n) is 4.45. The summed E-state index contributed by atoms with van der Waals surface area (Å²) in [5.74, 6) is -1.74. The quantitative estimate of drug-likeness (QED) is 0.661. The van der Waals surface area contributed by atoms with Crippen molar-refractivity contribution in [2.75, 3.05) is 5.73 Å². The summed E-state index contributed by atoms with van der Waals surface area (Å²) in [4.78, 5) is 10.3. The summed E-state index contributed by atoms with van der Waals surface area (Å²) >= 11 is 2.87. The molecule has 0 aliphatic carbocycles. The van der Waals surface area contributed by atoms with Gasteiger partial charge in [-0.25, -0.2) is 4.79 Å². The van der Waals surface area contributed by atoms with E-state index in [2.05, 4.69) is 20.7 Å². The Labute approximate surface area is 108 Å². The van der Waals surface area contributed by atoms with E-state index in [0.717, 1.165) is 18.2 Å². The zero-order valence-electron chi connectivity index (χ0n) is 8.66. The first-order chi connectivity index (χ1) is 8.19. The number of hydrogen-bond acceptors (Lipinski definition) is 3. The van der Waals surface area contributed by atoms with Crippen molar-refractivity contribution in [2.24, 2.45) is 0 Å². The van der Waals surface area contributed by atoms with Crippen LogP contribution in [0.25, 0.3) is 6.08 Å². The summed E-state index contributed by atoms with van der Waals surface area (Å²) in [7, 11) is 0. The number of carboxylic acid groups (broad SMARTS) is 1. The van der Waals surface area contributed by atoms with E-state index in [-0.39, 0.29) is 15.7 Å². The highest BCUT2D eigenvalue weighted by molar-refractivity contribution is 9.10. The second-order valence-electron chi connectivity index (χ2n) is 3.13. The van der Waals surface area contributed by atoms with Crippen LogP contribution in [-0.4, -0.2) is 17.4 Å². The van der Waals surface area contributed by atoms with Crippen LogP contribution in [0.5, 0.6) is 5.75 Å². The predicted octanol–water partition coefficient (Wildman–Crippen LogP) is 3.03. The highest BCUT2D eigenvalue weighted by Crippen LogP contribution is 2.34. The minimum Gasteiger partial charge on any atom is -0.478 e. The van der Waals surface area contributed by atoms with Crippen molar-refractivity contribution in [1.82, 2.24) is 0 Å². The molecule has 0 bridgehead atoms. The third-order valence-electron chi connectivity index (χ3n) is 1.77. The third kappa shape index (κ3) is 4.28. The van der Waals surface area contributed by atoms with Crippen molar-refractivity contribution in [3.8, 4) is 5.75 Å². The largest absolute Gasteiger partial charge is 0.573 e. The summed E-state index contributed by atoms with van der Waals surface area (Å²) in [5, 5.41) is 8.43. The number of hydrogen-bond donors (Lipinski definition) is 2. The van der Waals surface area contributed by atoms with E-state index in [0.29, 0.717) is 0 Å². The molecule has 0 aliphatic heterocycles. The lowest BCUT2D eigenvalue weighted by atomic mass is 10.1. The summed E-state index contributed by atoms with van der Waals surface area (Å²) in [6.07, 6.45) is -3.00. The maximum absolute atomic E-state index is 12.1. The predicted molar refractivity (Wildman–Crippen MR) is 61.9 cm³/mol. The van der Waals surface area contributed by atoms with Gasteiger partial charge in [0.05, 0.1) is 4.47 Å². The van der Waals surface area contributed by atoms with Crippen LogP contribution >= 0.6 is 15.9 Å². The average molecular weight is 326 g/mol. The number of nitrogens with two attached hydrogens (primary N) is 1. The molecular formula is C10H7BrF3NO3. The summed E-state index contributed by atoms with van der Waals surface area (Å²) in [6.45, 7) is 0. The Hall–Kier alpha value is -1.70. The van der Waals surface area contributed by atoms with Crippen LogP contribution < -0.4 is 10.5 Å². The van der Waals surface area contributed by atoms with Gasteiger partial charge in [0.1, 0.15) is 5.75 Å². The molecule has 0 unspecified atom stereocenters. The Morgan fingerprint density at radius 1 is 1.44 bits per heavy atom. The molecule has 3 N–H and O–H groups in total. The number of nitrogen functional groups attached to an aromatic ring is 1. The molecule has 0 aliphatic rings. The summed E-state index contributed by atoms with van der Waals surface area (Å²) in [5.41, 5.74) is 5.76. The number of halogens is 4. The van der Waals surface area contributed by atoms with Crippen LogP contribution in [0, 0.1) is 0 Å². The van der Waals surface area contributed by atoms with Gasteiger partial charge in [-0.2, -0.15) is 0 Å². The van der Waals surface area contributed by atoms with Crippen molar-refractivity contribution < 1.29 is 27.8 Å². The third-order valence-corrected chi connectivity index (χ3v) is 2.39. The number of carbonyl (C=O) groups is 1. The smallest absolute Gasteiger partial charge is 0.478 e. The van der Waals surface area contributed by atoms with Crippen molar-refractivity contribution in [1.29, 1.82) is 0 Å². The van der Waals surface area contributed by atoms with Crippen molar-refractivity contribution in [3.05, 3.63) is 28.2 Å². The average Bonchev–Trinajstić information content (AvgIpc) is 2.18. The molecule has 0 amide bonds. The minimum absolute atomic E-state index is 0.0183. The van der Waals surface area contributed by atoms with Gasteiger partial charge in [-0.3, -0.25) is 0 Å². The monoisotopic (exact) mass is 325 g/mol. The topological polar surface area (TPSA) is 72.5 Å². The number of anilines is 1. The molecule has 0 saturated heterocycles. The summed E-state index contributed by atoms with van der Waals surface area (Å²) < 4.78 is 40.0. The molecule has 1 aromatic carbocycles. The fourth-order valence-corrected chi connectivity index (χ4v) is 1.53. The Bertz CT molecular complexity index is 500. The molecule has 0 heterocycles. The van der Waals surface area contributed by atoms with Gasteiger partial charge < -0.3 is 15.6 Å². The van der Waals surface area contributed by atoms with Gasteiger partial charge in [-0.1, -0.05) is 0 Å². The van der Waals surface area contributed by atoms with Crippen molar-refractivity contribution in [3.63, 3.8) is 0 Å². The van der Waals surface area contributed by atoms with Crippen LogP contribution in [0.1, 0.15) is 5.56 Å². The molecule has 0 saturated carbocycles. The first kappa shape index (κ1) is 14.4. The molecule has 0 fully saturated rings. The van der Waals surface area contributed by atoms with Crippen molar-refractivity contribution in [2.45, 2.75) is 6.36 Å². The highest BCUT2D eigenvalue weighted by Gasteiger charge is 2.32. The van der Waals surface area contributed by atoms with E-state index < -0.39 is 18.1 Å². The maximum atomic E-state index is 12.1. The number of rotatable bonds is 3. The van der Waals surface area contributed by atoms with Gasteiger partial charge in [0, 0.05) is 17.3 Å². The standard InChI is InChI=1S/C10H7BrF3NO3/c11-6-4-7(15)5(1-2-9(16)17)3-8(6)18-10(12,13)14/h1-4H,15H2,(H,16,17)/b2-1+. The van der Waals surface area contributed by atoms with E-state index in [9.17, 15) is 18.0 Å². The minimum atomic E-state index is -4.84.